The molecule has 104 heavy (non-hydrogen) atoms. The van der Waals surface area contributed by atoms with E-state index in [1.54, 1.807) is 14.2 Å². The van der Waals surface area contributed by atoms with E-state index in [-0.39, 0.29) is 21.7 Å². The lowest BCUT2D eigenvalue weighted by Gasteiger charge is -2.43. The van der Waals surface area contributed by atoms with Gasteiger partial charge < -0.3 is 18.9 Å². The maximum Gasteiger partial charge on any atom is 0.118 e. The first-order valence-electron chi connectivity index (χ1n) is 39.4. The highest BCUT2D eigenvalue weighted by molar-refractivity contribution is 6.30. The maximum absolute atomic E-state index is 6.15. The van der Waals surface area contributed by atoms with Gasteiger partial charge in [-0.3, -0.25) is 19.6 Å². The second kappa shape index (κ2) is 39.5. The summed E-state index contributed by atoms with van der Waals surface area (Å²) in [5, 5.41) is 1.62. The van der Waals surface area contributed by atoms with Gasteiger partial charge >= 0.3 is 0 Å². The molecule has 5 aliphatic heterocycles. The fraction of sp³-hybridized carbons (Fsp3) is 0.489. The van der Waals surface area contributed by atoms with Gasteiger partial charge in [0.15, 0.2) is 0 Å². The lowest BCUT2D eigenvalue weighted by Crippen LogP contribution is -2.41. The number of nitrogens with zero attached hydrogens (tertiary/aromatic N) is 4. The Bertz CT molecular complexity index is 3560. The number of halogens is 2. The minimum Gasteiger partial charge on any atom is -0.497 e. The largest absolute Gasteiger partial charge is 0.497 e. The Morgan fingerprint density at radius 1 is 0.308 bits per heavy atom. The molecule has 4 atom stereocenters. The van der Waals surface area contributed by atoms with E-state index in [9.17, 15) is 0 Å². The molecule has 0 bridgehead atoms. The summed E-state index contributed by atoms with van der Waals surface area (Å²) < 4.78 is 21.8. The summed E-state index contributed by atoms with van der Waals surface area (Å²) in [4.78, 5) is 10.7. The molecule has 8 aromatic rings. The number of hydrogen-bond donors (Lipinski definition) is 0. The molecule has 13 rings (SSSR count). The van der Waals surface area contributed by atoms with Crippen molar-refractivity contribution >= 4 is 23.2 Å². The molecule has 0 N–H and O–H groups in total. The third kappa shape index (κ3) is 23.4. The number of hydrogen-bond acceptors (Lipinski definition) is 8. The van der Waals surface area contributed by atoms with Crippen LogP contribution in [0.5, 0.6) is 11.5 Å². The van der Waals surface area contributed by atoms with Crippen LogP contribution in [0.2, 0.25) is 10.0 Å². The average Bonchev–Trinajstić information content (AvgIpc) is 0.818. The molecule has 5 aliphatic rings. The van der Waals surface area contributed by atoms with Crippen molar-refractivity contribution in [2.75, 3.05) is 93.0 Å². The summed E-state index contributed by atoms with van der Waals surface area (Å²) in [5.74, 6) is 3.59. The van der Waals surface area contributed by atoms with Crippen LogP contribution >= 0.6 is 23.2 Å². The predicted molar refractivity (Wildman–Crippen MR) is 437 cm³/mol. The van der Waals surface area contributed by atoms with Crippen LogP contribution in [-0.4, -0.2) is 113 Å². The Balaban J connectivity index is 0.000000149. The van der Waals surface area contributed by atoms with E-state index < -0.39 is 0 Å². The van der Waals surface area contributed by atoms with Gasteiger partial charge in [0.1, 0.15) is 11.5 Å². The fourth-order valence-electron chi connectivity index (χ4n) is 17.1. The first-order chi connectivity index (χ1) is 50.3. The van der Waals surface area contributed by atoms with Crippen LogP contribution in [0.4, 0.5) is 0 Å². The minimum absolute atomic E-state index is 0.0745. The molecule has 0 radical (unpaired) electrons. The molecule has 5 saturated heterocycles. The van der Waals surface area contributed by atoms with E-state index in [0.29, 0.717) is 24.2 Å². The van der Waals surface area contributed by atoms with Gasteiger partial charge in [0.25, 0.3) is 0 Å². The number of rotatable bonds is 23. The highest BCUT2D eigenvalue weighted by Gasteiger charge is 2.37. The van der Waals surface area contributed by atoms with Crippen LogP contribution in [0.3, 0.4) is 0 Å². The van der Waals surface area contributed by atoms with E-state index in [0.717, 1.165) is 98.6 Å². The van der Waals surface area contributed by atoms with Gasteiger partial charge in [-0.05, 0) is 243 Å². The first kappa shape index (κ1) is 80.2. The topological polar surface area (TPSA) is 49.9 Å². The van der Waals surface area contributed by atoms with Crippen LogP contribution < -0.4 is 9.47 Å². The van der Waals surface area contributed by atoms with Gasteiger partial charge in [-0.2, -0.15) is 0 Å². The Kier molecular flexibility index (Phi) is 30.5. The molecule has 0 spiro atoms. The Labute approximate surface area is 638 Å². The molecule has 0 amide bonds. The zero-order valence-corrected chi connectivity index (χ0v) is 66.3. The van der Waals surface area contributed by atoms with Crippen LogP contribution in [0.15, 0.2) is 218 Å². The molecule has 0 aromatic heterocycles. The Morgan fingerprint density at radius 3 is 0.846 bits per heavy atom. The zero-order chi connectivity index (χ0) is 73.4. The number of ether oxygens (including phenoxy) is 4. The Hall–Kier alpha value is -6.30. The quantitative estimate of drug-likeness (QED) is 0.0628. The minimum atomic E-state index is 0.0745. The van der Waals surface area contributed by atoms with E-state index >= 15 is 0 Å². The standard InChI is InChI=1S/C27H36ClNO.C23H31NO.C22H28ClN.C22H29NO2/c1-27(2,24-8-10-25(28)11-9-24)20-26(23-6-4-3-5-7-23)29-16-12-21(13-17-29)22-14-18-30-19-15-22;1-23(2,20-12-14-21(25-3)15-13-20)18-22(19-10-6-4-7-11-19)24-16-8-5-9-17-24;1-22(2,19-11-13-20(23)14-12-19)17-21(18-9-5-3-6-10-18)24-15-7-4-8-16-24;1-22(2,19-9-11-20(24-3)12-10-19)17-21(18-7-5-4-6-8-18)23-13-15-25-16-14-23/h3-11,21-22,26H,12-20H2,1-2H3;4,6-7,10-15,22H,5,8-9,16-18H2,1-3H3;3,5-6,9-14,21H,4,7-8,15-17H2,1-2H3;4-12,21H,13-17H2,1-3H3. The number of piperidine rings is 3. The van der Waals surface area contributed by atoms with E-state index in [4.69, 9.17) is 42.1 Å². The van der Waals surface area contributed by atoms with E-state index in [2.05, 4.69) is 269 Å². The second-order valence-electron chi connectivity index (χ2n) is 32.7. The predicted octanol–water partition coefficient (Wildman–Crippen LogP) is 23.1. The lowest BCUT2D eigenvalue weighted by molar-refractivity contribution is 0.0100. The molecule has 0 aliphatic carbocycles. The summed E-state index contributed by atoms with van der Waals surface area (Å²) in [6.07, 6.45) is 17.7. The molecule has 4 unspecified atom stereocenters. The van der Waals surface area contributed by atoms with Crippen LogP contribution in [0.25, 0.3) is 0 Å². The number of benzene rings is 8. The van der Waals surface area contributed by atoms with Crippen LogP contribution in [0.1, 0.15) is 214 Å². The molecule has 0 saturated carbocycles. The molecular formula is C94H124Cl2N4O4. The van der Waals surface area contributed by atoms with E-state index in [1.165, 1.54) is 148 Å². The van der Waals surface area contributed by atoms with E-state index in [1.807, 2.05) is 24.3 Å². The van der Waals surface area contributed by atoms with Crippen molar-refractivity contribution < 1.29 is 18.9 Å². The van der Waals surface area contributed by atoms with Gasteiger partial charge in [-0.15, -0.1) is 0 Å². The summed E-state index contributed by atoms with van der Waals surface area (Å²) in [7, 11) is 3.44. The molecule has 8 nitrogen and oxygen atoms in total. The normalized spacial score (nSPS) is 18.4. The van der Waals surface area contributed by atoms with Crippen LogP contribution in [-0.2, 0) is 31.1 Å². The lowest BCUT2D eigenvalue weighted by atomic mass is 9.76. The molecule has 8 aromatic carbocycles. The van der Waals surface area contributed by atoms with Gasteiger partial charge in [-0.1, -0.05) is 261 Å². The van der Waals surface area contributed by atoms with Crippen molar-refractivity contribution in [1.29, 1.82) is 0 Å². The third-order valence-corrected chi connectivity index (χ3v) is 24.1. The van der Waals surface area contributed by atoms with Crippen molar-refractivity contribution in [3.63, 3.8) is 0 Å². The summed E-state index contributed by atoms with van der Waals surface area (Å²) in [6.45, 7) is 31.8. The first-order valence-corrected chi connectivity index (χ1v) is 40.2. The molecule has 10 heteroatoms. The maximum atomic E-state index is 6.15. The van der Waals surface area contributed by atoms with Gasteiger partial charge in [0, 0.05) is 60.5 Å². The third-order valence-electron chi connectivity index (χ3n) is 23.6. The van der Waals surface area contributed by atoms with Crippen molar-refractivity contribution in [2.24, 2.45) is 11.8 Å². The van der Waals surface area contributed by atoms with Crippen molar-refractivity contribution in [1.82, 2.24) is 19.6 Å². The summed E-state index contributed by atoms with van der Waals surface area (Å²) in [6, 6.07) is 79.8. The fourth-order valence-corrected chi connectivity index (χ4v) is 17.3. The highest BCUT2D eigenvalue weighted by atomic mass is 35.5. The summed E-state index contributed by atoms with van der Waals surface area (Å²) >= 11 is 12.2. The number of likely N-dealkylation sites (tertiary alicyclic amines) is 3. The Morgan fingerprint density at radius 2 is 0.558 bits per heavy atom. The average molecular weight is 1440 g/mol. The van der Waals surface area contributed by atoms with Crippen molar-refractivity contribution in [3.8, 4) is 11.5 Å². The van der Waals surface area contributed by atoms with Gasteiger partial charge in [-0.25, -0.2) is 0 Å². The second-order valence-corrected chi connectivity index (χ2v) is 33.6. The monoisotopic (exact) mass is 1440 g/mol. The van der Waals surface area contributed by atoms with Crippen LogP contribution in [0, 0.1) is 11.8 Å². The number of morpholine rings is 1. The van der Waals surface area contributed by atoms with Gasteiger partial charge in [0.05, 0.1) is 27.4 Å². The SMILES string of the molecule is CC(C)(CC(c1ccccc1)N1CCC(C2CCOCC2)CC1)c1ccc(Cl)cc1.CC(C)(CC(c1ccccc1)N1CCCCC1)c1ccc(Cl)cc1.COc1ccc(C(C)(C)CC(c2ccccc2)N2CCCCC2)cc1.COc1ccc(C(C)(C)CC(c2ccccc2)N2CCOCC2)cc1. The molecule has 5 fully saturated rings. The molecule has 5 heterocycles. The van der Waals surface area contributed by atoms with Crippen molar-refractivity contribution in [2.45, 2.75) is 191 Å². The summed E-state index contributed by atoms with van der Waals surface area (Å²) in [5.41, 5.74) is 11.6. The smallest absolute Gasteiger partial charge is 0.118 e. The number of methoxy groups -OCH3 is 2. The zero-order valence-electron chi connectivity index (χ0n) is 64.8. The van der Waals surface area contributed by atoms with Crippen molar-refractivity contribution in [3.05, 3.63) is 273 Å². The van der Waals surface area contributed by atoms with Gasteiger partial charge in [0.2, 0.25) is 0 Å². The molecular weight excluding hydrogens is 1320 g/mol. The molecule has 558 valence electrons. The highest BCUT2D eigenvalue weighted by Crippen LogP contribution is 2.44.